The first-order chi connectivity index (χ1) is 11.6. The highest BCUT2D eigenvalue weighted by Gasteiger charge is 2.27. The van der Waals surface area contributed by atoms with E-state index in [-0.39, 0.29) is 0 Å². The van der Waals surface area contributed by atoms with Crippen molar-refractivity contribution in [1.29, 1.82) is 0 Å². The lowest BCUT2D eigenvalue weighted by molar-refractivity contribution is 0.0211. The Morgan fingerprint density at radius 3 is 1.42 bits per heavy atom. The van der Waals surface area contributed by atoms with Crippen molar-refractivity contribution in [3.63, 3.8) is 0 Å². The van der Waals surface area contributed by atoms with Gasteiger partial charge in [-0.25, -0.2) is 0 Å². The minimum absolute atomic E-state index is 0.848. The van der Waals surface area contributed by atoms with Crippen molar-refractivity contribution >= 4 is 42.8 Å². The molecule has 2 nitrogen and oxygen atoms in total. The van der Waals surface area contributed by atoms with Gasteiger partial charge < -0.3 is 10.2 Å². The van der Waals surface area contributed by atoms with Crippen LogP contribution in [0.2, 0.25) is 0 Å². The fourth-order valence-electron chi connectivity index (χ4n) is 3.24. The lowest BCUT2D eigenvalue weighted by Gasteiger charge is -2.17. The Morgan fingerprint density at radius 2 is 1.04 bits per heavy atom. The van der Waals surface area contributed by atoms with Gasteiger partial charge in [0.15, 0.2) is 0 Å². The van der Waals surface area contributed by atoms with E-state index in [2.05, 4.69) is 24.3 Å². The first-order valence-corrected chi connectivity index (χ1v) is 9.53. The lowest BCUT2D eigenvalue weighted by Crippen LogP contribution is -2.09. The number of benzene rings is 2. The summed E-state index contributed by atoms with van der Waals surface area (Å²) in [5.74, 6) is 0. The van der Waals surface area contributed by atoms with Crippen molar-refractivity contribution in [2.24, 2.45) is 0 Å². The molecule has 4 rings (SSSR count). The van der Waals surface area contributed by atoms with Crippen LogP contribution in [0.15, 0.2) is 48.5 Å². The van der Waals surface area contributed by atoms with Gasteiger partial charge in [0, 0.05) is 19.2 Å². The van der Waals surface area contributed by atoms with Crippen molar-refractivity contribution in [2.45, 2.75) is 26.1 Å². The lowest BCUT2D eigenvalue weighted by atomic mass is 10.0. The number of rotatable bonds is 3. The van der Waals surface area contributed by atoms with Gasteiger partial charge in [0.2, 0.25) is 0 Å². The minimum Gasteiger partial charge on any atom is -0.384 e. The van der Waals surface area contributed by atoms with Crippen LogP contribution in [0, 0.1) is 13.8 Å². The van der Waals surface area contributed by atoms with Gasteiger partial charge in [-0.1, -0.05) is 36.4 Å². The Morgan fingerprint density at radius 1 is 0.667 bits per heavy atom. The van der Waals surface area contributed by atoms with Crippen LogP contribution in [0.5, 0.6) is 0 Å². The van der Waals surface area contributed by atoms with Crippen molar-refractivity contribution < 1.29 is 10.2 Å². The fourth-order valence-corrected chi connectivity index (χ4v) is 5.69. The predicted octanol–water partition coefficient (Wildman–Crippen LogP) is 5.50. The molecule has 122 valence electrons. The van der Waals surface area contributed by atoms with E-state index in [1.807, 2.05) is 38.1 Å². The Labute approximate surface area is 148 Å². The average molecular weight is 354 g/mol. The molecule has 0 spiro atoms. The monoisotopic (exact) mass is 354 g/mol. The molecule has 4 aromatic rings. The van der Waals surface area contributed by atoms with Gasteiger partial charge >= 0.3 is 0 Å². The van der Waals surface area contributed by atoms with E-state index in [0.29, 0.717) is 0 Å². The summed E-state index contributed by atoms with van der Waals surface area (Å²) in [5, 5.41) is 24.0. The van der Waals surface area contributed by atoms with E-state index in [1.54, 1.807) is 22.7 Å². The standard InChI is InChI=1S/C20H18O2S2/c1-11-13-7-3-5-9-15(13)23-19(11)17(21)18(22)20-12(2)14-8-4-6-10-16(14)24-20/h3-10,17-18,21-22H,1-2H3. The van der Waals surface area contributed by atoms with Gasteiger partial charge in [0.25, 0.3) is 0 Å². The second-order valence-corrected chi connectivity index (χ2v) is 8.23. The van der Waals surface area contributed by atoms with Crippen LogP contribution in [0.1, 0.15) is 33.1 Å². The third-order valence-electron chi connectivity index (χ3n) is 4.60. The maximum Gasteiger partial charge on any atom is 0.119 e. The average Bonchev–Trinajstić information content (AvgIpc) is 3.12. The number of aliphatic hydroxyl groups excluding tert-OH is 2. The van der Waals surface area contributed by atoms with Crippen LogP contribution in [-0.2, 0) is 0 Å². The van der Waals surface area contributed by atoms with Crippen LogP contribution in [-0.4, -0.2) is 10.2 Å². The van der Waals surface area contributed by atoms with Gasteiger partial charge in [0.05, 0.1) is 0 Å². The molecule has 0 radical (unpaired) electrons. The van der Waals surface area contributed by atoms with Crippen LogP contribution >= 0.6 is 22.7 Å². The molecule has 2 N–H and O–H groups in total. The highest BCUT2D eigenvalue weighted by atomic mass is 32.1. The molecule has 2 atom stereocenters. The van der Waals surface area contributed by atoms with E-state index in [1.165, 1.54) is 0 Å². The van der Waals surface area contributed by atoms with Gasteiger partial charge in [-0.15, -0.1) is 22.7 Å². The molecule has 4 heteroatoms. The Balaban J connectivity index is 1.78. The molecular weight excluding hydrogens is 336 g/mol. The molecule has 2 unspecified atom stereocenters. The predicted molar refractivity (Wildman–Crippen MR) is 103 cm³/mol. The summed E-state index contributed by atoms with van der Waals surface area (Å²) in [6.07, 6.45) is -1.82. The Hall–Kier alpha value is -1.72. The molecular formula is C20H18O2S2. The maximum atomic E-state index is 10.8. The van der Waals surface area contributed by atoms with Gasteiger partial charge in [0.1, 0.15) is 12.2 Å². The van der Waals surface area contributed by atoms with E-state index >= 15 is 0 Å². The van der Waals surface area contributed by atoms with Gasteiger partial charge in [-0.05, 0) is 47.9 Å². The van der Waals surface area contributed by atoms with Crippen LogP contribution in [0.25, 0.3) is 20.2 Å². The maximum absolute atomic E-state index is 10.8. The zero-order valence-electron chi connectivity index (χ0n) is 13.5. The molecule has 0 saturated carbocycles. The van der Waals surface area contributed by atoms with Crippen molar-refractivity contribution in [1.82, 2.24) is 0 Å². The second kappa shape index (κ2) is 5.97. The minimum atomic E-state index is -0.908. The smallest absolute Gasteiger partial charge is 0.119 e. The first kappa shape index (κ1) is 15.8. The number of fused-ring (bicyclic) bond motifs is 2. The Kier molecular flexibility index (Phi) is 3.93. The van der Waals surface area contributed by atoms with Gasteiger partial charge in [-0.2, -0.15) is 0 Å². The number of thiophene rings is 2. The number of hydrogen-bond acceptors (Lipinski definition) is 4. The molecule has 0 aliphatic rings. The number of aryl methyl sites for hydroxylation is 2. The molecule has 2 heterocycles. The molecule has 0 saturated heterocycles. The third-order valence-corrected chi connectivity index (χ3v) is 7.28. The molecule has 0 aliphatic carbocycles. The zero-order chi connectivity index (χ0) is 16.8. The van der Waals surface area contributed by atoms with Crippen molar-refractivity contribution in [3.05, 3.63) is 69.4 Å². The number of aliphatic hydroxyl groups is 2. The van der Waals surface area contributed by atoms with Crippen LogP contribution in [0.4, 0.5) is 0 Å². The second-order valence-electron chi connectivity index (χ2n) is 6.06. The summed E-state index contributed by atoms with van der Waals surface area (Å²) in [7, 11) is 0. The fraction of sp³-hybridized carbons (Fsp3) is 0.200. The third kappa shape index (κ3) is 2.38. The summed E-state index contributed by atoms with van der Waals surface area (Å²) in [6.45, 7) is 4.03. The molecule has 0 aliphatic heterocycles. The summed E-state index contributed by atoms with van der Waals surface area (Å²) in [6, 6.07) is 16.3. The quantitative estimate of drug-likeness (QED) is 0.510. The first-order valence-electron chi connectivity index (χ1n) is 7.90. The summed E-state index contributed by atoms with van der Waals surface area (Å²) < 4.78 is 2.29. The van der Waals surface area contributed by atoms with Crippen molar-refractivity contribution in [3.8, 4) is 0 Å². The largest absolute Gasteiger partial charge is 0.384 e. The SMILES string of the molecule is Cc1c(C(O)C(O)c2sc3ccccc3c2C)sc2ccccc12. The summed E-state index contributed by atoms with van der Waals surface area (Å²) in [5.41, 5.74) is 2.11. The summed E-state index contributed by atoms with van der Waals surface area (Å²) >= 11 is 3.12. The number of hydrogen-bond donors (Lipinski definition) is 2. The van der Waals surface area contributed by atoms with E-state index in [9.17, 15) is 10.2 Å². The molecule has 0 fully saturated rings. The van der Waals surface area contributed by atoms with Crippen LogP contribution in [0.3, 0.4) is 0 Å². The summed E-state index contributed by atoms with van der Waals surface area (Å²) in [4.78, 5) is 1.70. The Bertz CT molecular complexity index is 945. The van der Waals surface area contributed by atoms with E-state index in [4.69, 9.17) is 0 Å². The molecule has 24 heavy (non-hydrogen) atoms. The topological polar surface area (TPSA) is 40.5 Å². The normalized spacial score (nSPS) is 14.3. The van der Waals surface area contributed by atoms with E-state index in [0.717, 1.165) is 41.1 Å². The highest BCUT2D eigenvalue weighted by Crippen LogP contribution is 2.43. The molecule has 2 aromatic carbocycles. The van der Waals surface area contributed by atoms with Crippen LogP contribution < -0.4 is 0 Å². The molecule has 0 amide bonds. The highest BCUT2D eigenvalue weighted by molar-refractivity contribution is 7.20. The van der Waals surface area contributed by atoms with Gasteiger partial charge in [-0.3, -0.25) is 0 Å². The van der Waals surface area contributed by atoms with Crippen molar-refractivity contribution in [2.75, 3.05) is 0 Å². The molecule has 0 bridgehead atoms. The van der Waals surface area contributed by atoms with E-state index < -0.39 is 12.2 Å². The zero-order valence-corrected chi connectivity index (χ0v) is 15.1. The molecule has 2 aromatic heterocycles.